The first-order chi connectivity index (χ1) is 9.08. The quantitative estimate of drug-likeness (QED) is 0.714. The van der Waals surface area contributed by atoms with Crippen LogP contribution in [0, 0.1) is 6.92 Å². The van der Waals surface area contributed by atoms with Crippen molar-refractivity contribution < 1.29 is 4.79 Å². The smallest absolute Gasteiger partial charge is 0.224 e. The first-order valence-corrected chi connectivity index (χ1v) is 7.17. The normalized spacial score (nSPS) is 26.8. The highest BCUT2D eigenvalue weighted by atomic mass is 16.2. The van der Waals surface area contributed by atoms with E-state index < -0.39 is 0 Å². The largest absolute Gasteiger partial charge is 0.309 e. The minimum Gasteiger partial charge on any atom is -0.309 e. The van der Waals surface area contributed by atoms with Gasteiger partial charge in [0.15, 0.2) is 0 Å². The van der Waals surface area contributed by atoms with Crippen LogP contribution in [0.25, 0.3) is 0 Å². The monoisotopic (exact) mass is 258 g/mol. The lowest BCUT2D eigenvalue weighted by atomic mass is 9.92. The van der Waals surface area contributed by atoms with Gasteiger partial charge in [-0.05, 0) is 45.0 Å². The predicted molar refractivity (Wildman–Crippen MR) is 77.6 cm³/mol. The van der Waals surface area contributed by atoms with Crippen molar-refractivity contribution in [3.05, 3.63) is 29.3 Å². The number of carbonyl (C=O) groups is 1. The van der Waals surface area contributed by atoms with Gasteiger partial charge in [0, 0.05) is 31.1 Å². The van der Waals surface area contributed by atoms with Crippen molar-refractivity contribution in [2.75, 3.05) is 25.0 Å². The van der Waals surface area contributed by atoms with Crippen molar-refractivity contribution in [1.29, 1.82) is 0 Å². The van der Waals surface area contributed by atoms with Crippen LogP contribution in [0.1, 0.15) is 36.8 Å². The summed E-state index contributed by atoms with van der Waals surface area (Å²) in [5.74, 6) is 0.661. The van der Waals surface area contributed by atoms with Crippen LogP contribution in [0.4, 0.5) is 5.69 Å². The fraction of sp³-hybridized carbons (Fsp3) is 0.562. The van der Waals surface area contributed by atoms with E-state index in [1.54, 1.807) is 6.92 Å². The first kappa shape index (κ1) is 12.7. The third-order valence-corrected chi connectivity index (χ3v) is 4.53. The van der Waals surface area contributed by atoms with Crippen LogP contribution < -0.4 is 4.90 Å². The molecule has 0 N–H and O–H groups in total. The summed E-state index contributed by atoms with van der Waals surface area (Å²) < 4.78 is 0. The molecule has 2 atom stereocenters. The molecule has 3 rings (SSSR count). The minimum atomic E-state index is 0.183. The summed E-state index contributed by atoms with van der Waals surface area (Å²) in [6.45, 7) is 6.03. The summed E-state index contributed by atoms with van der Waals surface area (Å²) in [7, 11) is 2.19. The lowest BCUT2D eigenvalue weighted by Crippen LogP contribution is -2.38. The van der Waals surface area contributed by atoms with Gasteiger partial charge in [0.25, 0.3) is 0 Å². The van der Waals surface area contributed by atoms with Crippen molar-refractivity contribution in [3.8, 4) is 0 Å². The van der Waals surface area contributed by atoms with E-state index in [0.29, 0.717) is 12.0 Å². The molecule has 0 unspecified atom stereocenters. The SMILES string of the molecule is CC(=O)N1c2ccc(C)cc2[C@H]2CN(C)CCC[C@H]21. The maximum Gasteiger partial charge on any atom is 0.224 e. The number of hydrogen-bond donors (Lipinski definition) is 0. The average molecular weight is 258 g/mol. The molecule has 0 aromatic heterocycles. The molecule has 102 valence electrons. The van der Waals surface area contributed by atoms with E-state index in [1.165, 1.54) is 17.5 Å². The number of aryl methyl sites for hydroxylation is 1. The molecule has 1 aromatic carbocycles. The second-order valence-corrected chi connectivity index (χ2v) is 6.03. The van der Waals surface area contributed by atoms with Crippen molar-refractivity contribution in [2.45, 2.75) is 38.6 Å². The number of rotatable bonds is 0. The molecule has 1 amide bonds. The molecule has 3 heteroatoms. The van der Waals surface area contributed by atoms with Crippen molar-refractivity contribution in [3.63, 3.8) is 0 Å². The number of amides is 1. The second kappa shape index (κ2) is 4.64. The predicted octanol–water partition coefficient (Wildman–Crippen LogP) is 2.54. The number of fused-ring (bicyclic) bond motifs is 3. The molecular formula is C16H22N2O. The molecule has 0 bridgehead atoms. The Morgan fingerprint density at radius 3 is 2.89 bits per heavy atom. The number of carbonyl (C=O) groups excluding carboxylic acids is 1. The molecule has 0 spiro atoms. The Hall–Kier alpha value is -1.35. The van der Waals surface area contributed by atoms with Gasteiger partial charge in [-0.1, -0.05) is 17.7 Å². The summed E-state index contributed by atoms with van der Waals surface area (Å²) in [5, 5.41) is 0. The van der Waals surface area contributed by atoms with Crippen molar-refractivity contribution in [2.24, 2.45) is 0 Å². The Balaban J connectivity index is 2.08. The Morgan fingerprint density at radius 1 is 1.37 bits per heavy atom. The molecule has 1 fully saturated rings. The maximum absolute atomic E-state index is 12.1. The van der Waals surface area contributed by atoms with E-state index in [2.05, 4.69) is 37.1 Å². The number of anilines is 1. The van der Waals surface area contributed by atoms with Crippen LogP contribution in [0.3, 0.4) is 0 Å². The average Bonchev–Trinajstić information content (AvgIpc) is 2.51. The topological polar surface area (TPSA) is 23.6 Å². The molecular weight excluding hydrogens is 236 g/mol. The minimum absolute atomic E-state index is 0.183. The summed E-state index contributed by atoms with van der Waals surface area (Å²) >= 11 is 0. The number of benzene rings is 1. The summed E-state index contributed by atoms with van der Waals surface area (Å²) in [6.07, 6.45) is 2.29. The highest BCUT2D eigenvalue weighted by Crippen LogP contribution is 2.44. The summed E-state index contributed by atoms with van der Waals surface area (Å²) in [4.78, 5) is 16.5. The number of likely N-dealkylation sites (tertiary alicyclic amines) is 1. The Bertz CT molecular complexity index is 511. The molecule has 1 saturated heterocycles. The van der Waals surface area contributed by atoms with E-state index >= 15 is 0 Å². The van der Waals surface area contributed by atoms with Gasteiger partial charge >= 0.3 is 0 Å². The zero-order valence-electron chi connectivity index (χ0n) is 12.0. The van der Waals surface area contributed by atoms with E-state index in [-0.39, 0.29) is 5.91 Å². The number of nitrogens with zero attached hydrogens (tertiary/aromatic N) is 2. The Morgan fingerprint density at radius 2 is 2.16 bits per heavy atom. The molecule has 2 heterocycles. The van der Waals surface area contributed by atoms with Gasteiger partial charge in [-0.3, -0.25) is 4.79 Å². The lowest BCUT2D eigenvalue weighted by Gasteiger charge is -2.26. The Kier molecular flexibility index (Phi) is 3.09. The van der Waals surface area contributed by atoms with Gasteiger partial charge in [0.1, 0.15) is 0 Å². The third-order valence-electron chi connectivity index (χ3n) is 4.53. The Labute approximate surface area is 115 Å². The van der Waals surface area contributed by atoms with Gasteiger partial charge in [-0.2, -0.15) is 0 Å². The highest BCUT2D eigenvalue weighted by molar-refractivity contribution is 5.95. The molecule has 1 aromatic rings. The molecule has 0 radical (unpaired) electrons. The summed E-state index contributed by atoms with van der Waals surface area (Å²) in [5.41, 5.74) is 3.80. The van der Waals surface area contributed by atoms with Crippen LogP contribution in [-0.4, -0.2) is 37.0 Å². The van der Waals surface area contributed by atoms with Crippen LogP contribution in [0.15, 0.2) is 18.2 Å². The zero-order valence-corrected chi connectivity index (χ0v) is 12.0. The van der Waals surface area contributed by atoms with Crippen molar-refractivity contribution in [1.82, 2.24) is 4.90 Å². The second-order valence-electron chi connectivity index (χ2n) is 6.03. The first-order valence-electron chi connectivity index (χ1n) is 7.17. The van der Waals surface area contributed by atoms with Gasteiger partial charge in [-0.25, -0.2) is 0 Å². The fourth-order valence-electron chi connectivity index (χ4n) is 3.71. The molecule has 2 aliphatic rings. The zero-order chi connectivity index (χ0) is 13.6. The number of hydrogen-bond acceptors (Lipinski definition) is 2. The molecule has 3 nitrogen and oxygen atoms in total. The van der Waals surface area contributed by atoms with Gasteiger partial charge in [0.05, 0.1) is 0 Å². The van der Waals surface area contributed by atoms with Crippen LogP contribution in [-0.2, 0) is 4.79 Å². The van der Waals surface area contributed by atoms with Gasteiger partial charge in [0.2, 0.25) is 5.91 Å². The standard InChI is InChI=1S/C16H22N2O/c1-11-6-7-16-13(9-11)14-10-17(3)8-4-5-15(14)18(16)12(2)19/h6-7,9,14-15H,4-5,8,10H2,1-3H3/t14-,15-/m1/s1. The van der Waals surface area contributed by atoms with E-state index in [0.717, 1.165) is 25.2 Å². The van der Waals surface area contributed by atoms with Gasteiger partial charge in [-0.15, -0.1) is 0 Å². The number of likely N-dealkylation sites (N-methyl/N-ethyl adjacent to an activating group) is 1. The van der Waals surface area contributed by atoms with Crippen LogP contribution in [0.5, 0.6) is 0 Å². The molecule has 2 aliphatic heterocycles. The van der Waals surface area contributed by atoms with Crippen molar-refractivity contribution >= 4 is 11.6 Å². The van der Waals surface area contributed by atoms with E-state index in [9.17, 15) is 4.79 Å². The third kappa shape index (κ3) is 2.06. The lowest BCUT2D eigenvalue weighted by molar-refractivity contribution is -0.117. The molecule has 19 heavy (non-hydrogen) atoms. The van der Waals surface area contributed by atoms with E-state index in [4.69, 9.17) is 0 Å². The van der Waals surface area contributed by atoms with Gasteiger partial charge < -0.3 is 9.80 Å². The maximum atomic E-state index is 12.1. The van der Waals surface area contributed by atoms with Crippen LogP contribution in [0.2, 0.25) is 0 Å². The summed E-state index contributed by atoms with van der Waals surface area (Å²) in [6, 6.07) is 6.87. The van der Waals surface area contributed by atoms with E-state index in [1.807, 2.05) is 4.90 Å². The van der Waals surface area contributed by atoms with Crippen LogP contribution >= 0.6 is 0 Å². The highest BCUT2D eigenvalue weighted by Gasteiger charge is 2.41. The molecule has 0 aliphatic carbocycles. The molecule has 0 saturated carbocycles. The fourth-order valence-corrected chi connectivity index (χ4v) is 3.71.